The van der Waals surface area contributed by atoms with Crippen LogP contribution < -0.4 is 10.0 Å². The largest absolute Gasteiger partial charge is 0.379 e. The molecular weight excluding hydrogens is 458 g/mol. The molecule has 0 spiro atoms. The maximum atomic E-state index is 12.9. The Morgan fingerprint density at radius 3 is 2.45 bits per heavy atom. The van der Waals surface area contributed by atoms with Crippen molar-refractivity contribution in [3.63, 3.8) is 0 Å². The summed E-state index contributed by atoms with van der Waals surface area (Å²) in [5.41, 5.74) is 0.466. The molecule has 1 saturated carbocycles. The third kappa shape index (κ3) is 6.22. The molecule has 7 nitrogen and oxygen atoms in total. The van der Waals surface area contributed by atoms with Gasteiger partial charge in [-0.05, 0) is 55.0 Å². The molecule has 1 aliphatic carbocycles. The van der Waals surface area contributed by atoms with Crippen LogP contribution >= 0.6 is 11.3 Å². The highest BCUT2D eigenvalue weighted by molar-refractivity contribution is 7.89. The van der Waals surface area contributed by atoms with E-state index < -0.39 is 10.0 Å². The molecule has 2 aromatic rings. The number of rotatable bonds is 9. The van der Waals surface area contributed by atoms with Crippen LogP contribution in [0.1, 0.15) is 47.3 Å². The first-order valence-electron chi connectivity index (χ1n) is 11.7. The lowest BCUT2D eigenvalue weighted by Crippen LogP contribution is -2.59. The van der Waals surface area contributed by atoms with Crippen molar-refractivity contribution in [3.05, 3.63) is 52.2 Å². The highest BCUT2D eigenvalue weighted by atomic mass is 32.2. The molecule has 2 N–H and O–H groups in total. The maximum Gasteiger partial charge on any atom is 0.251 e. The van der Waals surface area contributed by atoms with Crippen molar-refractivity contribution in [2.75, 3.05) is 39.4 Å². The molecular formula is C24H33N3O4S2. The van der Waals surface area contributed by atoms with Gasteiger partial charge in [-0.25, -0.2) is 13.1 Å². The Kier molecular flexibility index (Phi) is 8.19. The van der Waals surface area contributed by atoms with Crippen molar-refractivity contribution in [2.24, 2.45) is 0 Å². The average Bonchev–Trinajstić information content (AvgIpc) is 3.37. The van der Waals surface area contributed by atoms with Gasteiger partial charge in [0.25, 0.3) is 5.91 Å². The molecule has 0 radical (unpaired) electrons. The van der Waals surface area contributed by atoms with Gasteiger partial charge in [-0.1, -0.05) is 25.3 Å². The number of hydrogen-bond donors (Lipinski definition) is 2. The van der Waals surface area contributed by atoms with Crippen LogP contribution in [0.15, 0.2) is 46.7 Å². The summed E-state index contributed by atoms with van der Waals surface area (Å²) in [4.78, 5) is 16.7. The number of carbonyl (C=O) groups excluding carboxylic acids is 1. The van der Waals surface area contributed by atoms with E-state index in [2.05, 4.69) is 14.9 Å². The van der Waals surface area contributed by atoms with Crippen LogP contribution in [0.3, 0.4) is 0 Å². The Morgan fingerprint density at radius 2 is 1.79 bits per heavy atom. The Labute approximate surface area is 200 Å². The molecule has 1 aliphatic heterocycles. The molecule has 33 heavy (non-hydrogen) atoms. The molecule has 0 unspecified atom stereocenters. The van der Waals surface area contributed by atoms with E-state index in [9.17, 15) is 13.2 Å². The van der Waals surface area contributed by atoms with E-state index in [1.165, 1.54) is 31.4 Å². The van der Waals surface area contributed by atoms with Crippen LogP contribution in [0, 0.1) is 0 Å². The first kappa shape index (κ1) is 24.3. The van der Waals surface area contributed by atoms with Gasteiger partial charge in [0.1, 0.15) is 0 Å². The Morgan fingerprint density at radius 1 is 1.06 bits per heavy atom. The van der Waals surface area contributed by atoms with E-state index in [0.29, 0.717) is 25.1 Å². The maximum absolute atomic E-state index is 12.9. The summed E-state index contributed by atoms with van der Waals surface area (Å²) in [6, 6.07) is 10.1. The lowest BCUT2D eigenvalue weighted by molar-refractivity contribution is -0.0361. The second kappa shape index (κ2) is 11.1. The van der Waals surface area contributed by atoms with Gasteiger partial charge in [0, 0.05) is 42.2 Å². The molecule has 9 heteroatoms. The first-order chi connectivity index (χ1) is 16.0. The lowest BCUT2D eigenvalue weighted by Gasteiger charge is -2.48. The zero-order valence-electron chi connectivity index (χ0n) is 18.9. The number of thiophene rings is 1. The van der Waals surface area contributed by atoms with Crippen LogP contribution in [-0.4, -0.2) is 64.2 Å². The zero-order chi connectivity index (χ0) is 23.2. The molecule has 0 atom stereocenters. The second-order valence-electron chi connectivity index (χ2n) is 8.82. The van der Waals surface area contributed by atoms with Crippen molar-refractivity contribution in [1.82, 2.24) is 14.9 Å². The molecule has 1 aromatic heterocycles. The minimum absolute atomic E-state index is 0.00649. The van der Waals surface area contributed by atoms with Crippen LogP contribution in [0.25, 0.3) is 0 Å². The van der Waals surface area contributed by atoms with E-state index in [-0.39, 0.29) is 16.3 Å². The van der Waals surface area contributed by atoms with Gasteiger partial charge in [-0.3, -0.25) is 9.69 Å². The second-order valence-corrected chi connectivity index (χ2v) is 11.6. The minimum atomic E-state index is -3.61. The predicted molar refractivity (Wildman–Crippen MR) is 130 cm³/mol. The van der Waals surface area contributed by atoms with Crippen molar-refractivity contribution >= 4 is 27.3 Å². The van der Waals surface area contributed by atoms with Gasteiger partial charge in [0.15, 0.2) is 0 Å². The average molecular weight is 492 g/mol. The van der Waals surface area contributed by atoms with Crippen molar-refractivity contribution < 1.29 is 17.9 Å². The fourth-order valence-electron chi connectivity index (χ4n) is 4.83. The van der Waals surface area contributed by atoms with Gasteiger partial charge in [-0.2, -0.15) is 0 Å². The van der Waals surface area contributed by atoms with Gasteiger partial charge in [0.05, 0.1) is 18.1 Å². The van der Waals surface area contributed by atoms with Crippen LogP contribution in [0.4, 0.5) is 0 Å². The summed E-state index contributed by atoms with van der Waals surface area (Å²) in [5, 5.41) is 5.11. The number of carbonyl (C=O) groups is 1. The van der Waals surface area contributed by atoms with E-state index in [1.54, 1.807) is 23.5 Å². The standard InChI is InChI=1S/C24H33N3O4S2/c28-23(25-19-24(11-2-1-3-12-24)27-14-16-31-17-15-27)20-6-8-22(9-7-20)33(29,30)26-13-10-21-5-4-18-32-21/h4-9,18,26H,1-3,10-17,19H2,(H,25,28). The lowest BCUT2D eigenvalue weighted by atomic mass is 9.79. The topological polar surface area (TPSA) is 87.7 Å². The summed E-state index contributed by atoms with van der Waals surface area (Å²) in [6.45, 7) is 4.24. The van der Waals surface area contributed by atoms with Gasteiger partial charge in [-0.15, -0.1) is 11.3 Å². The molecule has 4 rings (SSSR count). The molecule has 2 fully saturated rings. The smallest absolute Gasteiger partial charge is 0.251 e. The number of hydrogen-bond acceptors (Lipinski definition) is 6. The van der Waals surface area contributed by atoms with E-state index in [0.717, 1.165) is 44.0 Å². The minimum Gasteiger partial charge on any atom is -0.379 e. The molecule has 1 saturated heterocycles. The monoisotopic (exact) mass is 491 g/mol. The van der Waals surface area contributed by atoms with Gasteiger partial charge in [0.2, 0.25) is 10.0 Å². The summed E-state index contributed by atoms with van der Waals surface area (Å²) < 4.78 is 33.3. The first-order valence-corrected chi connectivity index (χ1v) is 14.1. The fourth-order valence-corrected chi connectivity index (χ4v) is 6.57. The van der Waals surface area contributed by atoms with E-state index >= 15 is 0 Å². The summed E-state index contributed by atoms with van der Waals surface area (Å²) >= 11 is 1.61. The number of morpholine rings is 1. The number of nitrogens with one attached hydrogen (secondary N) is 2. The predicted octanol–water partition coefficient (Wildman–Crippen LogP) is 3.03. The fraction of sp³-hybridized carbons (Fsp3) is 0.542. The van der Waals surface area contributed by atoms with Gasteiger partial charge >= 0.3 is 0 Å². The highest BCUT2D eigenvalue weighted by Gasteiger charge is 2.38. The molecule has 1 aromatic carbocycles. The Balaban J connectivity index is 1.34. The molecule has 180 valence electrons. The quantitative estimate of drug-likeness (QED) is 0.563. The van der Waals surface area contributed by atoms with E-state index in [4.69, 9.17) is 4.74 Å². The van der Waals surface area contributed by atoms with Crippen molar-refractivity contribution in [2.45, 2.75) is 49.0 Å². The van der Waals surface area contributed by atoms with Crippen molar-refractivity contribution in [3.8, 4) is 0 Å². The number of ether oxygens (including phenoxy) is 1. The Bertz CT molecular complexity index is 995. The highest BCUT2D eigenvalue weighted by Crippen LogP contribution is 2.34. The number of sulfonamides is 1. The van der Waals surface area contributed by atoms with E-state index in [1.807, 2.05) is 17.5 Å². The number of nitrogens with zero attached hydrogens (tertiary/aromatic N) is 1. The van der Waals surface area contributed by atoms with Gasteiger partial charge < -0.3 is 10.1 Å². The third-order valence-corrected chi connectivity index (χ3v) is 9.13. The van der Waals surface area contributed by atoms with Crippen molar-refractivity contribution in [1.29, 1.82) is 0 Å². The normalized spacial score (nSPS) is 19.3. The Hall–Kier alpha value is -1.78. The molecule has 2 heterocycles. The molecule has 0 bridgehead atoms. The number of amides is 1. The van der Waals surface area contributed by atoms with Crippen LogP contribution in [-0.2, 0) is 21.2 Å². The summed E-state index contributed by atoms with van der Waals surface area (Å²) in [5.74, 6) is -0.164. The summed E-state index contributed by atoms with van der Waals surface area (Å²) in [7, 11) is -3.61. The zero-order valence-corrected chi connectivity index (χ0v) is 20.6. The molecule has 1 amide bonds. The third-order valence-electron chi connectivity index (χ3n) is 6.71. The SMILES string of the molecule is O=C(NCC1(N2CCOCC2)CCCCC1)c1ccc(S(=O)(=O)NCCc2cccs2)cc1. The van der Waals surface area contributed by atoms with Crippen LogP contribution in [0.5, 0.6) is 0 Å². The number of benzene rings is 1. The molecule has 2 aliphatic rings. The summed E-state index contributed by atoms with van der Waals surface area (Å²) in [6.07, 6.45) is 6.43. The van der Waals surface area contributed by atoms with Crippen LogP contribution in [0.2, 0.25) is 0 Å².